The maximum absolute atomic E-state index is 13.5. The molecule has 0 fully saturated rings. The smallest absolute Gasteiger partial charge is 0.250 e. The van der Waals surface area contributed by atoms with Crippen LogP contribution in [-0.4, -0.2) is 14.5 Å². The number of hydrogen-bond acceptors (Lipinski definition) is 5. The summed E-state index contributed by atoms with van der Waals surface area (Å²) in [6, 6.07) is 21.3. The van der Waals surface area contributed by atoms with Gasteiger partial charge in [0.25, 0.3) is 5.56 Å². The number of hydrogen-bond donors (Lipinski definition) is 1. The summed E-state index contributed by atoms with van der Waals surface area (Å²) in [6.45, 7) is 0.436. The van der Waals surface area contributed by atoms with Crippen molar-refractivity contribution >= 4 is 27.4 Å². The predicted octanol–water partition coefficient (Wildman–Crippen LogP) is 5.51. The Kier molecular flexibility index (Phi) is 5.47. The van der Waals surface area contributed by atoms with Gasteiger partial charge in [0, 0.05) is 23.2 Å². The van der Waals surface area contributed by atoms with Crippen LogP contribution in [0, 0.1) is 5.82 Å². The Balaban J connectivity index is 1.58. The number of nitrogens with one attached hydrogen (secondary N) is 1. The van der Waals surface area contributed by atoms with Crippen molar-refractivity contribution in [2.45, 2.75) is 12.6 Å². The summed E-state index contributed by atoms with van der Waals surface area (Å²) in [7, 11) is 0. The second-order valence-corrected chi connectivity index (χ2v) is 8.22. The first-order valence-corrected chi connectivity index (χ1v) is 11.0. The number of aromatic nitrogens is 3. The van der Waals surface area contributed by atoms with Gasteiger partial charge in [-0.2, -0.15) is 0 Å². The van der Waals surface area contributed by atoms with Crippen LogP contribution in [-0.2, 0) is 6.54 Å². The summed E-state index contributed by atoms with van der Waals surface area (Å²) in [5.74, 6) is 0.397. The number of pyridine rings is 1. The molecule has 158 valence electrons. The van der Waals surface area contributed by atoms with E-state index in [1.807, 2.05) is 41.8 Å². The molecule has 2 aromatic carbocycles. The number of benzene rings is 2. The van der Waals surface area contributed by atoms with Crippen LogP contribution in [0.25, 0.3) is 21.3 Å². The number of nitrogens with zero attached hydrogens (tertiary/aromatic N) is 3. The molecule has 7 heteroatoms. The summed E-state index contributed by atoms with van der Waals surface area (Å²) >= 11 is 1.52. The topological polar surface area (TPSA) is 59.8 Å². The quantitative estimate of drug-likeness (QED) is 0.377. The average Bonchev–Trinajstić information content (AvgIpc) is 3.26. The minimum absolute atomic E-state index is 0.0643. The Bertz CT molecular complexity index is 1410. The van der Waals surface area contributed by atoms with Crippen LogP contribution < -0.4 is 10.9 Å². The molecule has 1 atom stereocenters. The lowest BCUT2D eigenvalue weighted by molar-refractivity contribution is 0.589. The fraction of sp³-hybridized carbons (Fsp3) is 0.0800. The zero-order valence-corrected chi connectivity index (χ0v) is 17.8. The lowest BCUT2D eigenvalue weighted by atomic mass is 10.0. The van der Waals surface area contributed by atoms with Crippen LogP contribution >= 0.6 is 11.3 Å². The van der Waals surface area contributed by atoms with Crippen LogP contribution in [0.15, 0.2) is 95.5 Å². The second-order valence-electron chi connectivity index (χ2n) is 7.36. The summed E-state index contributed by atoms with van der Waals surface area (Å²) in [5, 5.41) is 6.43. The van der Waals surface area contributed by atoms with Crippen molar-refractivity contribution in [3.05, 3.63) is 112 Å². The van der Waals surface area contributed by atoms with Crippen LogP contribution in [0.2, 0.25) is 0 Å². The normalized spacial score (nSPS) is 12.0. The van der Waals surface area contributed by atoms with Crippen molar-refractivity contribution in [2.75, 3.05) is 5.32 Å². The van der Waals surface area contributed by atoms with Gasteiger partial charge in [-0.1, -0.05) is 48.5 Å². The van der Waals surface area contributed by atoms with E-state index in [-0.39, 0.29) is 17.4 Å². The van der Waals surface area contributed by atoms with Gasteiger partial charge in [0.1, 0.15) is 22.8 Å². The molecule has 0 aliphatic carbocycles. The highest BCUT2D eigenvalue weighted by molar-refractivity contribution is 7.17. The third-order valence-corrected chi connectivity index (χ3v) is 6.20. The molecule has 0 bridgehead atoms. The second kappa shape index (κ2) is 8.72. The molecule has 3 aromatic heterocycles. The van der Waals surface area contributed by atoms with Crippen molar-refractivity contribution in [3.63, 3.8) is 0 Å². The third kappa shape index (κ3) is 4.02. The molecule has 0 aliphatic heterocycles. The molecule has 0 spiro atoms. The third-order valence-electron chi connectivity index (χ3n) is 5.32. The molecule has 0 aliphatic rings. The minimum atomic E-state index is -0.277. The van der Waals surface area contributed by atoms with Crippen LogP contribution in [0.3, 0.4) is 0 Å². The molecule has 1 unspecified atom stereocenters. The van der Waals surface area contributed by atoms with Crippen LogP contribution in [0.4, 0.5) is 10.2 Å². The highest BCUT2D eigenvalue weighted by Crippen LogP contribution is 2.37. The van der Waals surface area contributed by atoms with Crippen molar-refractivity contribution in [3.8, 4) is 11.1 Å². The summed E-state index contributed by atoms with van der Waals surface area (Å²) in [6.07, 6.45) is 3.32. The maximum Gasteiger partial charge on any atom is 0.250 e. The van der Waals surface area contributed by atoms with Gasteiger partial charge in [0.2, 0.25) is 0 Å². The standard InChI is InChI=1S/C25H19FN4OS/c26-19-11-9-17(10-12-19)20-15-32-25-23(20)24(27-16-28-25)29-21(18-6-2-1-3-7-18)14-30-13-5-4-8-22(30)31/h1-13,15-16,21H,14H2,(H,27,28,29). The Morgan fingerprint density at radius 3 is 2.53 bits per heavy atom. The van der Waals surface area contributed by atoms with E-state index in [0.29, 0.717) is 12.4 Å². The van der Waals surface area contributed by atoms with Gasteiger partial charge in [0.15, 0.2) is 0 Å². The zero-order chi connectivity index (χ0) is 21.9. The average molecular weight is 443 g/mol. The summed E-state index contributed by atoms with van der Waals surface area (Å²) in [5.41, 5.74) is 2.81. The predicted molar refractivity (Wildman–Crippen MR) is 126 cm³/mol. The summed E-state index contributed by atoms with van der Waals surface area (Å²) < 4.78 is 15.1. The Morgan fingerprint density at radius 1 is 0.969 bits per heavy atom. The van der Waals surface area contributed by atoms with E-state index in [0.717, 1.165) is 26.9 Å². The Labute approximate surface area is 187 Å². The van der Waals surface area contributed by atoms with Crippen molar-refractivity contribution in [2.24, 2.45) is 0 Å². The highest BCUT2D eigenvalue weighted by Gasteiger charge is 2.18. The van der Waals surface area contributed by atoms with E-state index < -0.39 is 0 Å². The van der Waals surface area contributed by atoms with Crippen molar-refractivity contribution in [1.29, 1.82) is 0 Å². The van der Waals surface area contributed by atoms with Crippen molar-refractivity contribution < 1.29 is 4.39 Å². The number of fused-ring (bicyclic) bond motifs is 1. The van der Waals surface area contributed by atoms with Gasteiger partial charge in [-0.3, -0.25) is 4.79 Å². The lowest BCUT2D eigenvalue weighted by Gasteiger charge is -2.21. The first-order valence-electron chi connectivity index (χ1n) is 10.1. The molecule has 0 saturated heterocycles. The molecule has 0 radical (unpaired) electrons. The van der Waals surface area contributed by atoms with Gasteiger partial charge in [-0.05, 0) is 29.3 Å². The first kappa shape index (κ1) is 20.1. The molecule has 5 nitrogen and oxygen atoms in total. The van der Waals surface area contributed by atoms with Crippen LogP contribution in [0.1, 0.15) is 11.6 Å². The number of rotatable bonds is 6. The molecular formula is C25H19FN4OS. The summed E-state index contributed by atoms with van der Waals surface area (Å²) in [4.78, 5) is 22.2. The fourth-order valence-corrected chi connectivity index (χ4v) is 4.64. The van der Waals surface area contributed by atoms with E-state index in [2.05, 4.69) is 15.3 Å². The van der Waals surface area contributed by atoms with Crippen molar-refractivity contribution in [1.82, 2.24) is 14.5 Å². The minimum Gasteiger partial charge on any atom is -0.361 e. The molecule has 0 saturated carbocycles. The van der Waals surface area contributed by atoms with Gasteiger partial charge in [-0.15, -0.1) is 11.3 Å². The maximum atomic E-state index is 13.5. The van der Waals surface area contributed by atoms with E-state index >= 15 is 0 Å². The monoisotopic (exact) mass is 442 g/mol. The number of thiophene rings is 1. The molecule has 5 rings (SSSR count). The highest BCUT2D eigenvalue weighted by atomic mass is 32.1. The molecule has 0 amide bonds. The molecule has 5 aromatic rings. The molecule has 1 N–H and O–H groups in total. The van der Waals surface area contributed by atoms with E-state index in [9.17, 15) is 9.18 Å². The molecule has 32 heavy (non-hydrogen) atoms. The zero-order valence-electron chi connectivity index (χ0n) is 17.0. The molecule has 3 heterocycles. The Morgan fingerprint density at radius 2 is 1.75 bits per heavy atom. The van der Waals surface area contributed by atoms with Crippen LogP contribution in [0.5, 0.6) is 0 Å². The number of halogens is 1. The molecular weight excluding hydrogens is 423 g/mol. The first-order chi connectivity index (χ1) is 15.7. The van der Waals surface area contributed by atoms with E-state index in [1.54, 1.807) is 35.0 Å². The Hall–Kier alpha value is -3.84. The van der Waals surface area contributed by atoms with Gasteiger partial charge in [0.05, 0.1) is 18.0 Å². The van der Waals surface area contributed by atoms with E-state index in [1.165, 1.54) is 29.8 Å². The largest absolute Gasteiger partial charge is 0.361 e. The number of anilines is 1. The lowest BCUT2D eigenvalue weighted by Crippen LogP contribution is -2.25. The van der Waals surface area contributed by atoms with Gasteiger partial charge in [-0.25, -0.2) is 14.4 Å². The SMILES string of the molecule is O=c1ccccn1CC(Nc1ncnc2scc(-c3ccc(F)cc3)c12)c1ccccc1. The van der Waals surface area contributed by atoms with Gasteiger partial charge < -0.3 is 9.88 Å². The van der Waals surface area contributed by atoms with E-state index in [4.69, 9.17) is 0 Å². The van der Waals surface area contributed by atoms with Gasteiger partial charge >= 0.3 is 0 Å². The fourth-order valence-electron chi connectivity index (χ4n) is 3.72.